The fourth-order valence-corrected chi connectivity index (χ4v) is 2.86. The Morgan fingerprint density at radius 3 is 2.21 bits per heavy atom. The van der Waals surface area contributed by atoms with Gasteiger partial charge in [0.25, 0.3) is 5.91 Å². The molecule has 0 bridgehead atoms. The van der Waals surface area contributed by atoms with Crippen LogP contribution in [0.2, 0.25) is 0 Å². The molecule has 0 aliphatic rings. The van der Waals surface area contributed by atoms with Gasteiger partial charge in [0.15, 0.2) is 6.61 Å². The molecule has 148 valence electrons. The molecule has 7 nitrogen and oxygen atoms in total. The van der Waals surface area contributed by atoms with Gasteiger partial charge in [-0.2, -0.15) is 5.10 Å². The third-order valence-corrected chi connectivity index (χ3v) is 4.28. The highest BCUT2D eigenvalue weighted by atomic mass is 16.5. The van der Waals surface area contributed by atoms with Crippen molar-refractivity contribution in [3.8, 4) is 11.4 Å². The first-order valence-electron chi connectivity index (χ1n) is 8.97. The number of rotatable bonds is 7. The minimum Gasteiger partial charge on any atom is -0.482 e. The Hall–Kier alpha value is -3.87. The molecule has 2 N–H and O–H groups in total. The maximum absolute atomic E-state index is 12.3. The molecular formula is C22H21N3O4. The van der Waals surface area contributed by atoms with E-state index in [2.05, 4.69) is 27.2 Å². The van der Waals surface area contributed by atoms with Crippen LogP contribution in [0.5, 0.6) is 5.75 Å². The molecule has 29 heavy (non-hydrogen) atoms. The third kappa shape index (κ3) is 5.10. The van der Waals surface area contributed by atoms with E-state index in [9.17, 15) is 9.59 Å². The molecule has 0 radical (unpaired) electrons. The summed E-state index contributed by atoms with van der Waals surface area (Å²) in [6, 6.07) is 18.1. The molecule has 7 heteroatoms. The Morgan fingerprint density at radius 1 is 1.00 bits per heavy atom. The summed E-state index contributed by atoms with van der Waals surface area (Å²) in [5.74, 6) is -0.901. The number of benzene rings is 2. The first-order chi connectivity index (χ1) is 13.9. The number of aliphatic carboxylic acids is 1. The number of carbonyl (C=O) groups is 2. The van der Waals surface area contributed by atoms with E-state index in [0.29, 0.717) is 11.3 Å². The number of ether oxygens (including phenoxy) is 1. The number of aryl methyl sites for hydroxylation is 2. The summed E-state index contributed by atoms with van der Waals surface area (Å²) in [6.45, 7) is 3.67. The lowest BCUT2D eigenvalue weighted by atomic mass is 10.2. The van der Waals surface area contributed by atoms with Crippen molar-refractivity contribution >= 4 is 18.1 Å². The Bertz CT molecular complexity index is 1020. The zero-order chi connectivity index (χ0) is 20.8. The quantitative estimate of drug-likeness (QED) is 0.477. The van der Waals surface area contributed by atoms with Gasteiger partial charge in [-0.3, -0.25) is 4.79 Å². The van der Waals surface area contributed by atoms with E-state index in [0.717, 1.165) is 22.6 Å². The molecule has 0 saturated carbocycles. The van der Waals surface area contributed by atoms with Crippen molar-refractivity contribution in [2.45, 2.75) is 13.8 Å². The van der Waals surface area contributed by atoms with Gasteiger partial charge in [0.1, 0.15) is 5.75 Å². The highest BCUT2D eigenvalue weighted by Crippen LogP contribution is 2.17. The topological polar surface area (TPSA) is 92.9 Å². The third-order valence-electron chi connectivity index (χ3n) is 4.28. The van der Waals surface area contributed by atoms with Crippen LogP contribution in [0, 0.1) is 13.8 Å². The lowest BCUT2D eigenvalue weighted by Crippen LogP contribution is -2.17. The Morgan fingerprint density at radius 2 is 1.62 bits per heavy atom. The zero-order valence-electron chi connectivity index (χ0n) is 16.1. The normalized spacial score (nSPS) is 10.8. The molecule has 0 aliphatic carbocycles. The van der Waals surface area contributed by atoms with Gasteiger partial charge in [-0.15, -0.1) is 0 Å². The summed E-state index contributed by atoms with van der Waals surface area (Å²) >= 11 is 0. The van der Waals surface area contributed by atoms with Gasteiger partial charge in [-0.05, 0) is 80.1 Å². The van der Waals surface area contributed by atoms with Crippen molar-refractivity contribution < 1.29 is 19.4 Å². The second-order valence-electron chi connectivity index (χ2n) is 6.45. The van der Waals surface area contributed by atoms with Gasteiger partial charge in [-0.1, -0.05) is 0 Å². The molecule has 1 amide bonds. The van der Waals surface area contributed by atoms with Crippen LogP contribution in [0.1, 0.15) is 27.3 Å². The van der Waals surface area contributed by atoms with Crippen molar-refractivity contribution in [2.24, 2.45) is 5.10 Å². The first-order valence-corrected chi connectivity index (χ1v) is 8.97. The van der Waals surface area contributed by atoms with Crippen molar-refractivity contribution in [3.63, 3.8) is 0 Å². The lowest BCUT2D eigenvalue weighted by molar-refractivity contribution is -0.139. The number of amides is 1. The Balaban J connectivity index is 1.58. The second-order valence-corrected chi connectivity index (χ2v) is 6.45. The zero-order valence-corrected chi connectivity index (χ0v) is 16.1. The number of carbonyl (C=O) groups excluding carboxylic acids is 1. The Labute approximate surface area is 168 Å². The molecule has 1 heterocycles. The number of hydrogen-bond donors (Lipinski definition) is 2. The molecule has 0 spiro atoms. The number of hydrogen-bond acceptors (Lipinski definition) is 4. The number of nitrogens with zero attached hydrogens (tertiary/aromatic N) is 2. The SMILES string of the molecule is Cc1ccc(C)n1-c1ccc(C(=O)N/N=C\c2ccc(OCC(=O)O)cc2)cc1. The van der Waals surface area contributed by atoms with Crippen molar-refractivity contribution in [3.05, 3.63) is 83.2 Å². The molecule has 0 atom stereocenters. The van der Waals surface area contributed by atoms with E-state index in [1.165, 1.54) is 6.21 Å². The van der Waals surface area contributed by atoms with Crippen LogP contribution in [0.15, 0.2) is 65.8 Å². The molecule has 0 fully saturated rings. The van der Waals surface area contributed by atoms with Gasteiger partial charge >= 0.3 is 5.97 Å². The van der Waals surface area contributed by atoms with Crippen molar-refractivity contribution in [1.29, 1.82) is 0 Å². The number of aromatic nitrogens is 1. The van der Waals surface area contributed by atoms with Crippen LogP contribution in [0.4, 0.5) is 0 Å². The predicted molar refractivity (Wildman–Crippen MR) is 110 cm³/mol. The number of carboxylic acid groups (broad SMARTS) is 1. The number of carboxylic acids is 1. The summed E-state index contributed by atoms with van der Waals surface area (Å²) in [4.78, 5) is 22.7. The van der Waals surface area contributed by atoms with Gasteiger partial charge in [0.2, 0.25) is 0 Å². The molecule has 3 aromatic rings. The smallest absolute Gasteiger partial charge is 0.341 e. The largest absolute Gasteiger partial charge is 0.482 e. The molecule has 3 rings (SSSR count). The van der Waals surface area contributed by atoms with E-state index < -0.39 is 12.6 Å². The fraction of sp³-hybridized carbons (Fsp3) is 0.136. The summed E-state index contributed by atoms with van der Waals surface area (Å²) in [5, 5.41) is 12.5. The van der Waals surface area contributed by atoms with Gasteiger partial charge in [-0.25, -0.2) is 10.2 Å². The van der Waals surface area contributed by atoms with E-state index in [4.69, 9.17) is 9.84 Å². The van der Waals surface area contributed by atoms with E-state index in [-0.39, 0.29) is 5.91 Å². The highest BCUT2D eigenvalue weighted by Gasteiger charge is 2.07. The first kappa shape index (κ1) is 19.9. The Kier molecular flexibility index (Phi) is 6.09. The maximum Gasteiger partial charge on any atom is 0.341 e. The second kappa shape index (κ2) is 8.88. The highest BCUT2D eigenvalue weighted by molar-refractivity contribution is 5.95. The number of nitrogens with one attached hydrogen (secondary N) is 1. The van der Waals surface area contributed by atoms with Crippen LogP contribution >= 0.6 is 0 Å². The van der Waals surface area contributed by atoms with Crippen LogP contribution in [0.25, 0.3) is 5.69 Å². The molecular weight excluding hydrogens is 370 g/mol. The van der Waals surface area contributed by atoms with Crippen molar-refractivity contribution in [1.82, 2.24) is 9.99 Å². The van der Waals surface area contributed by atoms with Crippen LogP contribution in [-0.2, 0) is 4.79 Å². The standard InChI is InChI=1S/C22H21N3O4/c1-15-3-4-16(2)25(15)19-9-7-18(8-10-19)22(28)24-23-13-17-5-11-20(12-6-17)29-14-21(26)27/h3-13H,14H2,1-2H3,(H,24,28)(H,26,27)/b23-13-. The summed E-state index contributed by atoms with van der Waals surface area (Å²) in [6.07, 6.45) is 1.50. The van der Waals surface area contributed by atoms with E-state index in [1.54, 1.807) is 36.4 Å². The molecule has 2 aromatic carbocycles. The molecule has 0 saturated heterocycles. The van der Waals surface area contributed by atoms with E-state index >= 15 is 0 Å². The van der Waals surface area contributed by atoms with Gasteiger partial charge in [0, 0.05) is 22.6 Å². The lowest BCUT2D eigenvalue weighted by Gasteiger charge is -2.10. The monoisotopic (exact) mass is 391 g/mol. The van der Waals surface area contributed by atoms with Crippen molar-refractivity contribution in [2.75, 3.05) is 6.61 Å². The maximum atomic E-state index is 12.3. The fourth-order valence-electron chi connectivity index (χ4n) is 2.86. The number of hydrazone groups is 1. The molecule has 0 aliphatic heterocycles. The average Bonchev–Trinajstić information content (AvgIpc) is 3.05. The van der Waals surface area contributed by atoms with Crippen LogP contribution in [-0.4, -0.2) is 34.4 Å². The summed E-state index contributed by atoms with van der Waals surface area (Å²) in [7, 11) is 0. The summed E-state index contributed by atoms with van der Waals surface area (Å²) in [5.41, 5.74) is 6.99. The van der Waals surface area contributed by atoms with Gasteiger partial charge in [0.05, 0.1) is 6.21 Å². The van der Waals surface area contributed by atoms with Gasteiger partial charge < -0.3 is 14.4 Å². The predicted octanol–water partition coefficient (Wildman–Crippen LogP) is 3.32. The minimum absolute atomic E-state index is 0.310. The molecule has 0 unspecified atom stereocenters. The van der Waals surface area contributed by atoms with Crippen LogP contribution < -0.4 is 10.2 Å². The van der Waals surface area contributed by atoms with Crippen LogP contribution in [0.3, 0.4) is 0 Å². The average molecular weight is 391 g/mol. The minimum atomic E-state index is -1.04. The van der Waals surface area contributed by atoms with E-state index in [1.807, 2.05) is 26.0 Å². The summed E-state index contributed by atoms with van der Waals surface area (Å²) < 4.78 is 7.17. The molecule has 1 aromatic heterocycles.